The third-order valence-corrected chi connectivity index (χ3v) is 2.49. The third-order valence-electron chi connectivity index (χ3n) is 1.73. The van der Waals surface area contributed by atoms with Crippen LogP contribution in [0.25, 0.3) is 6.08 Å². The van der Waals surface area contributed by atoms with Crippen LogP contribution in [0.3, 0.4) is 0 Å². The third kappa shape index (κ3) is 3.67. The van der Waals surface area contributed by atoms with Crippen LogP contribution in [0.5, 0.6) is 11.5 Å². The number of aromatic hydroxyl groups is 2. The van der Waals surface area contributed by atoms with Crippen molar-refractivity contribution in [1.82, 2.24) is 0 Å². The first kappa shape index (κ1) is 11.7. The van der Waals surface area contributed by atoms with Gasteiger partial charge in [-0.3, -0.25) is 4.79 Å². The predicted octanol–water partition coefficient (Wildman–Crippen LogP) is 2.39. The molecule has 1 aromatic carbocycles. The van der Waals surface area contributed by atoms with Crippen LogP contribution in [0.1, 0.15) is 12.5 Å². The van der Waals surface area contributed by atoms with Crippen molar-refractivity contribution in [2.45, 2.75) is 6.92 Å². The summed E-state index contributed by atoms with van der Waals surface area (Å²) in [5.41, 5.74) is 0.377. The number of carbonyl (C=O) groups is 1. The molecule has 0 fully saturated rings. The second-order valence-corrected chi connectivity index (χ2v) is 4.11. The van der Waals surface area contributed by atoms with Crippen molar-refractivity contribution in [3.8, 4) is 11.5 Å². The molecule has 3 nitrogen and oxygen atoms in total. The molecule has 0 heterocycles. The minimum absolute atomic E-state index is 0.0269. The Kier molecular flexibility index (Phi) is 4.24. The number of carbonyl (C=O) groups excluding carboxylic acids is 1. The molecule has 0 aliphatic carbocycles. The summed E-state index contributed by atoms with van der Waals surface area (Å²) in [6.07, 6.45) is 3.32. The van der Waals surface area contributed by atoms with Gasteiger partial charge in [0.15, 0.2) is 5.12 Å². The molecule has 4 heteroatoms. The van der Waals surface area contributed by atoms with E-state index >= 15 is 0 Å². The summed E-state index contributed by atoms with van der Waals surface area (Å²) < 4.78 is 0. The van der Waals surface area contributed by atoms with Crippen LogP contribution in [0.4, 0.5) is 0 Å². The molecule has 15 heavy (non-hydrogen) atoms. The maximum Gasteiger partial charge on any atom is 0.186 e. The number of phenols is 2. The first-order chi connectivity index (χ1) is 7.11. The van der Waals surface area contributed by atoms with Gasteiger partial charge in [-0.2, -0.15) is 0 Å². The average molecular weight is 224 g/mol. The fourth-order valence-corrected chi connectivity index (χ4v) is 1.47. The van der Waals surface area contributed by atoms with Crippen LogP contribution < -0.4 is 0 Å². The van der Waals surface area contributed by atoms with Gasteiger partial charge < -0.3 is 10.2 Å². The van der Waals surface area contributed by atoms with Gasteiger partial charge in [-0.25, -0.2) is 0 Å². The summed E-state index contributed by atoms with van der Waals surface area (Å²) >= 11 is 1.17. The quantitative estimate of drug-likeness (QED) is 0.827. The Morgan fingerprint density at radius 2 is 2.00 bits per heavy atom. The lowest BCUT2D eigenvalue weighted by atomic mass is 10.1. The second-order valence-electron chi connectivity index (χ2n) is 2.91. The average Bonchev–Trinajstić information content (AvgIpc) is 2.15. The molecule has 0 saturated carbocycles. The van der Waals surface area contributed by atoms with Crippen LogP contribution in [0.15, 0.2) is 24.3 Å². The van der Waals surface area contributed by atoms with Gasteiger partial charge >= 0.3 is 0 Å². The Labute approximate surface area is 92.4 Å². The molecule has 0 aliphatic rings. The first-order valence-electron chi connectivity index (χ1n) is 4.42. The van der Waals surface area contributed by atoms with Gasteiger partial charge in [0, 0.05) is 12.7 Å². The lowest BCUT2D eigenvalue weighted by Crippen LogP contribution is -1.82. The number of benzene rings is 1. The van der Waals surface area contributed by atoms with Crippen molar-refractivity contribution < 1.29 is 15.0 Å². The van der Waals surface area contributed by atoms with Gasteiger partial charge in [0.2, 0.25) is 0 Å². The molecule has 2 N–H and O–H groups in total. The summed E-state index contributed by atoms with van der Waals surface area (Å²) in [5, 5.41) is 18.9. The van der Waals surface area contributed by atoms with Crippen molar-refractivity contribution in [3.05, 3.63) is 29.8 Å². The fraction of sp³-hybridized carbons (Fsp3) is 0.182. The summed E-state index contributed by atoms with van der Waals surface area (Å²) in [7, 11) is 0. The lowest BCUT2D eigenvalue weighted by Gasteiger charge is -2.00. The number of hydrogen-bond acceptors (Lipinski definition) is 4. The van der Waals surface area contributed by atoms with Crippen molar-refractivity contribution >= 4 is 23.0 Å². The van der Waals surface area contributed by atoms with E-state index < -0.39 is 0 Å². The number of rotatable bonds is 3. The summed E-state index contributed by atoms with van der Waals surface area (Å²) in [6.45, 7) is 1.50. The molecule has 1 aromatic rings. The molecule has 0 bridgehead atoms. The Morgan fingerprint density at radius 3 is 2.53 bits per heavy atom. The summed E-state index contributed by atoms with van der Waals surface area (Å²) in [5.74, 6) is 0.585. The minimum Gasteiger partial charge on any atom is -0.507 e. The van der Waals surface area contributed by atoms with E-state index in [1.165, 1.54) is 30.8 Å². The van der Waals surface area contributed by atoms with Gasteiger partial charge in [-0.1, -0.05) is 30.0 Å². The summed E-state index contributed by atoms with van der Waals surface area (Å²) in [4.78, 5) is 10.6. The van der Waals surface area contributed by atoms with E-state index in [0.29, 0.717) is 11.3 Å². The monoisotopic (exact) mass is 224 g/mol. The normalized spacial score (nSPS) is 10.7. The SMILES string of the molecule is CC(=O)SCC=Cc1c(O)cccc1O. The minimum atomic E-state index is 0.0269. The van der Waals surface area contributed by atoms with Crippen molar-refractivity contribution in [2.75, 3.05) is 5.75 Å². The molecule has 0 amide bonds. The Balaban J connectivity index is 2.67. The zero-order valence-electron chi connectivity index (χ0n) is 8.30. The Morgan fingerprint density at radius 1 is 1.40 bits per heavy atom. The van der Waals surface area contributed by atoms with E-state index in [-0.39, 0.29) is 16.6 Å². The van der Waals surface area contributed by atoms with Crippen LogP contribution >= 0.6 is 11.8 Å². The van der Waals surface area contributed by atoms with Gasteiger partial charge in [0.1, 0.15) is 11.5 Å². The fourth-order valence-electron chi connectivity index (χ4n) is 1.04. The highest BCUT2D eigenvalue weighted by molar-refractivity contribution is 8.13. The zero-order valence-corrected chi connectivity index (χ0v) is 9.12. The molecule has 80 valence electrons. The number of hydrogen-bond donors (Lipinski definition) is 2. The van der Waals surface area contributed by atoms with Gasteiger partial charge in [0.25, 0.3) is 0 Å². The Bertz CT molecular complexity index is 365. The van der Waals surface area contributed by atoms with Crippen molar-refractivity contribution in [1.29, 1.82) is 0 Å². The molecule has 0 unspecified atom stereocenters. The molecular weight excluding hydrogens is 212 g/mol. The molecule has 0 aromatic heterocycles. The number of phenolic OH excluding ortho intramolecular Hbond substituents is 2. The maximum absolute atomic E-state index is 10.6. The van der Waals surface area contributed by atoms with Crippen LogP contribution in [-0.4, -0.2) is 21.1 Å². The highest BCUT2D eigenvalue weighted by Crippen LogP contribution is 2.27. The van der Waals surface area contributed by atoms with Gasteiger partial charge in [0.05, 0.1) is 5.56 Å². The summed E-state index contributed by atoms with van der Waals surface area (Å²) in [6, 6.07) is 4.56. The topological polar surface area (TPSA) is 57.5 Å². The van der Waals surface area contributed by atoms with E-state index in [1.807, 2.05) is 0 Å². The Hall–Kier alpha value is -1.42. The predicted molar refractivity (Wildman–Crippen MR) is 61.9 cm³/mol. The lowest BCUT2D eigenvalue weighted by molar-refractivity contribution is -0.109. The van der Waals surface area contributed by atoms with E-state index in [4.69, 9.17) is 0 Å². The van der Waals surface area contributed by atoms with Crippen LogP contribution in [-0.2, 0) is 4.79 Å². The zero-order chi connectivity index (χ0) is 11.3. The van der Waals surface area contributed by atoms with Crippen molar-refractivity contribution in [2.24, 2.45) is 0 Å². The van der Waals surface area contributed by atoms with E-state index in [0.717, 1.165) is 0 Å². The highest BCUT2D eigenvalue weighted by Gasteiger charge is 2.01. The van der Waals surface area contributed by atoms with Crippen LogP contribution in [0, 0.1) is 0 Å². The molecule has 0 saturated heterocycles. The van der Waals surface area contributed by atoms with Gasteiger partial charge in [-0.05, 0) is 12.1 Å². The molecular formula is C11H12O3S. The van der Waals surface area contributed by atoms with Crippen molar-refractivity contribution in [3.63, 3.8) is 0 Å². The van der Waals surface area contributed by atoms with E-state index in [1.54, 1.807) is 18.2 Å². The maximum atomic E-state index is 10.6. The smallest absolute Gasteiger partial charge is 0.186 e. The molecule has 0 atom stereocenters. The number of thioether (sulfide) groups is 1. The van der Waals surface area contributed by atoms with Gasteiger partial charge in [-0.15, -0.1) is 0 Å². The molecule has 0 spiro atoms. The molecule has 1 rings (SSSR count). The van der Waals surface area contributed by atoms with E-state index in [9.17, 15) is 15.0 Å². The standard InChI is InChI=1S/C11H12O3S/c1-8(12)15-7-3-4-9-10(13)5-2-6-11(9)14/h2-6,13-14H,7H2,1H3. The second kappa shape index (κ2) is 5.46. The highest BCUT2D eigenvalue weighted by atomic mass is 32.2. The van der Waals surface area contributed by atoms with E-state index in [2.05, 4.69) is 0 Å². The van der Waals surface area contributed by atoms with Crippen LogP contribution in [0.2, 0.25) is 0 Å². The molecule has 0 aliphatic heterocycles. The largest absolute Gasteiger partial charge is 0.507 e. The first-order valence-corrected chi connectivity index (χ1v) is 5.40. The molecule has 0 radical (unpaired) electrons.